The number of carbonyl (C=O) groups excluding carboxylic acids is 2. The van der Waals surface area contributed by atoms with Gasteiger partial charge in [0, 0.05) is 45.4 Å². The normalized spacial score (nSPS) is 16.1. The molecule has 1 aromatic carbocycles. The third-order valence-corrected chi connectivity index (χ3v) is 5.38. The maximum absolute atomic E-state index is 12.5. The van der Waals surface area contributed by atoms with Crippen LogP contribution in [0.2, 0.25) is 0 Å². The second-order valence-corrected chi connectivity index (χ2v) is 8.02. The summed E-state index contributed by atoms with van der Waals surface area (Å²) in [5, 5.41) is 6.98. The number of urea groups is 1. The summed E-state index contributed by atoms with van der Waals surface area (Å²) in [5.74, 6) is 1.40. The van der Waals surface area contributed by atoms with Crippen molar-refractivity contribution in [1.29, 1.82) is 0 Å². The molecule has 1 aromatic heterocycles. The van der Waals surface area contributed by atoms with E-state index in [1.807, 2.05) is 36.9 Å². The first kappa shape index (κ1) is 21.8. The summed E-state index contributed by atoms with van der Waals surface area (Å²) in [6.45, 7) is 7.86. The molecule has 1 aliphatic rings. The van der Waals surface area contributed by atoms with Crippen LogP contribution in [0.15, 0.2) is 34.9 Å². The first-order valence-corrected chi connectivity index (χ1v) is 10.6. The van der Waals surface area contributed by atoms with E-state index in [1.165, 1.54) is 5.56 Å². The van der Waals surface area contributed by atoms with E-state index in [4.69, 9.17) is 4.52 Å². The van der Waals surface area contributed by atoms with Crippen LogP contribution in [0.25, 0.3) is 0 Å². The highest BCUT2D eigenvalue weighted by molar-refractivity contribution is 5.76. The van der Waals surface area contributed by atoms with Crippen LogP contribution >= 0.6 is 0 Å². The van der Waals surface area contributed by atoms with Gasteiger partial charge in [0.05, 0.1) is 6.04 Å². The molecule has 1 N–H and O–H groups in total. The van der Waals surface area contributed by atoms with Crippen molar-refractivity contribution in [1.82, 2.24) is 25.3 Å². The number of benzene rings is 1. The van der Waals surface area contributed by atoms with E-state index < -0.39 is 0 Å². The lowest BCUT2D eigenvalue weighted by atomic mass is 10.1. The summed E-state index contributed by atoms with van der Waals surface area (Å²) >= 11 is 0. The highest BCUT2D eigenvalue weighted by Crippen LogP contribution is 2.17. The minimum Gasteiger partial charge on any atom is -0.339 e. The molecular formula is C22H31N5O3. The lowest BCUT2D eigenvalue weighted by Gasteiger charge is -2.27. The number of hydrogen-bond acceptors (Lipinski definition) is 5. The number of aromatic nitrogens is 2. The summed E-state index contributed by atoms with van der Waals surface area (Å²) in [4.78, 5) is 32.7. The molecule has 162 valence electrons. The molecule has 0 bridgehead atoms. The summed E-state index contributed by atoms with van der Waals surface area (Å²) in [6.07, 6.45) is 2.11. The molecule has 1 fully saturated rings. The van der Waals surface area contributed by atoms with Crippen LogP contribution in [0.4, 0.5) is 4.79 Å². The smallest absolute Gasteiger partial charge is 0.317 e. The minimum atomic E-state index is -0.0725. The van der Waals surface area contributed by atoms with Crippen molar-refractivity contribution in [2.45, 2.75) is 52.0 Å². The number of rotatable bonds is 8. The zero-order chi connectivity index (χ0) is 21.5. The summed E-state index contributed by atoms with van der Waals surface area (Å²) in [5.41, 5.74) is 1.20. The molecule has 3 rings (SSSR count). The predicted octanol–water partition coefficient (Wildman–Crippen LogP) is 2.61. The van der Waals surface area contributed by atoms with Gasteiger partial charge in [-0.05, 0) is 18.4 Å². The number of likely N-dealkylation sites (tertiary alicyclic amines) is 1. The van der Waals surface area contributed by atoms with Gasteiger partial charge in [0.15, 0.2) is 5.82 Å². The highest BCUT2D eigenvalue weighted by Gasteiger charge is 2.31. The Morgan fingerprint density at radius 3 is 2.70 bits per heavy atom. The van der Waals surface area contributed by atoms with Crippen molar-refractivity contribution in [3.8, 4) is 0 Å². The maximum Gasteiger partial charge on any atom is 0.317 e. The third-order valence-electron chi connectivity index (χ3n) is 5.38. The second-order valence-electron chi connectivity index (χ2n) is 8.02. The Morgan fingerprint density at radius 1 is 1.27 bits per heavy atom. The van der Waals surface area contributed by atoms with Crippen molar-refractivity contribution < 1.29 is 14.1 Å². The van der Waals surface area contributed by atoms with Crippen LogP contribution in [0.5, 0.6) is 0 Å². The summed E-state index contributed by atoms with van der Waals surface area (Å²) < 4.78 is 5.24. The first-order chi connectivity index (χ1) is 14.4. The van der Waals surface area contributed by atoms with Crippen LogP contribution in [0.1, 0.15) is 50.4 Å². The Labute approximate surface area is 177 Å². The number of carbonyl (C=O) groups is 2. The molecule has 0 saturated carbocycles. The quantitative estimate of drug-likeness (QED) is 0.718. The van der Waals surface area contributed by atoms with Gasteiger partial charge < -0.3 is 19.6 Å². The Balaban J connectivity index is 1.47. The van der Waals surface area contributed by atoms with Crippen LogP contribution in [0, 0.1) is 0 Å². The molecule has 2 heterocycles. The first-order valence-electron chi connectivity index (χ1n) is 10.6. The lowest BCUT2D eigenvalue weighted by Crippen LogP contribution is -2.44. The molecule has 0 aliphatic carbocycles. The van der Waals surface area contributed by atoms with Crippen molar-refractivity contribution >= 4 is 11.9 Å². The molecule has 0 spiro atoms. The van der Waals surface area contributed by atoms with Crippen molar-refractivity contribution in [2.75, 3.05) is 26.2 Å². The Morgan fingerprint density at radius 2 is 2.03 bits per heavy atom. The van der Waals surface area contributed by atoms with Gasteiger partial charge in [-0.1, -0.05) is 49.3 Å². The highest BCUT2D eigenvalue weighted by atomic mass is 16.5. The van der Waals surface area contributed by atoms with Crippen LogP contribution in [-0.4, -0.2) is 64.1 Å². The molecule has 3 amide bonds. The fourth-order valence-electron chi connectivity index (χ4n) is 3.67. The van der Waals surface area contributed by atoms with Gasteiger partial charge in [0.25, 0.3) is 0 Å². The number of nitrogens with one attached hydrogen (secondary N) is 1. The Hall–Kier alpha value is -2.90. The van der Waals surface area contributed by atoms with E-state index in [0.29, 0.717) is 44.3 Å². The molecule has 1 atom stereocenters. The average Bonchev–Trinajstić information content (AvgIpc) is 3.39. The van der Waals surface area contributed by atoms with Gasteiger partial charge in [-0.2, -0.15) is 4.98 Å². The monoisotopic (exact) mass is 413 g/mol. The van der Waals surface area contributed by atoms with Gasteiger partial charge in [-0.3, -0.25) is 4.79 Å². The van der Waals surface area contributed by atoms with Crippen molar-refractivity contribution in [3.63, 3.8) is 0 Å². The third kappa shape index (κ3) is 5.81. The number of amides is 3. The van der Waals surface area contributed by atoms with Gasteiger partial charge in [-0.25, -0.2) is 4.79 Å². The molecule has 8 heteroatoms. The van der Waals surface area contributed by atoms with E-state index in [9.17, 15) is 9.59 Å². The zero-order valence-corrected chi connectivity index (χ0v) is 18.0. The SMILES string of the molecule is CC(=O)N(CCc1noc(C(C)C)n1)C1CCN(C(=O)NCCc2ccccc2)C1. The van der Waals surface area contributed by atoms with Crippen molar-refractivity contribution in [3.05, 3.63) is 47.6 Å². The van der Waals surface area contributed by atoms with Gasteiger partial charge in [0.2, 0.25) is 11.8 Å². The standard InChI is InChI=1S/C22H31N5O3/c1-16(2)21-24-20(25-30-21)11-14-27(17(3)28)19-10-13-26(15-19)22(29)23-12-9-18-7-5-4-6-8-18/h4-8,16,19H,9-15H2,1-3H3,(H,23,29). The number of nitrogens with zero attached hydrogens (tertiary/aromatic N) is 4. The lowest BCUT2D eigenvalue weighted by molar-refractivity contribution is -0.130. The summed E-state index contributed by atoms with van der Waals surface area (Å²) in [6, 6.07) is 10.0. The minimum absolute atomic E-state index is 0.00101. The van der Waals surface area contributed by atoms with Crippen LogP contribution in [-0.2, 0) is 17.6 Å². The topological polar surface area (TPSA) is 91.6 Å². The second kappa shape index (κ2) is 10.2. The van der Waals surface area contributed by atoms with Crippen LogP contribution in [0.3, 0.4) is 0 Å². The Kier molecular flexibility index (Phi) is 7.43. The fraction of sp³-hybridized carbons (Fsp3) is 0.545. The van der Waals surface area contributed by atoms with Crippen LogP contribution < -0.4 is 5.32 Å². The van der Waals surface area contributed by atoms with E-state index in [1.54, 1.807) is 11.8 Å². The maximum atomic E-state index is 12.5. The fourth-order valence-corrected chi connectivity index (χ4v) is 3.67. The average molecular weight is 414 g/mol. The Bertz CT molecular complexity index is 836. The number of hydrogen-bond donors (Lipinski definition) is 1. The van der Waals surface area contributed by atoms with E-state index in [2.05, 4.69) is 27.6 Å². The molecule has 30 heavy (non-hydrogen) atoms. The van der Waals surface area contributed by atoms with Gasteiger partial charge >= 0.3 is 6.03 Å². The summed E-state index contributed by atoms with van der Waals surface area (Å²) in [7, 11) is 0. The van der Waals surface area contributed by atoms with E-state index >= 15 is 0 Å². The molecule has 8 nitrogen and oxygen atoms in total. The van der Waals surface area contributed by atoms with E-state index in [0.717, 1.165) is 12.8 Å². The molecule has 1 aliphatic heterocycles. The zero-order valence-electron chi connectivity index (χ0n) is 18.0. The van der Waals surface area contributed by atoms with Gasteiger partial charge in [0.1, 0.15) is 0 Å². The molecule has 2 aromatic rings. The predicted molar refractivity (Wildman–Crippen MR) is 113 cm³/mol. The largest absolute Gasteiger partial charge is 0.339 e. The van der Waals surface area contributed by atoms with E-state index in [-0.39, 0.29) is 23.9 Å². The van der Waals surface area contributed by atoms with Crippen molar-refractivity contribution in [2.24, 2.45) is 0 Å². The molecule has 1 unspecified atom stereocenters. The van der Waals surface area contributed by atoms with Gasteiger partial charge in [-0.15, -0.1) is 0 Å². The molecule has 0 radical (unpaired) electrons. The molecular weight excluding hydrogens is 382 g/mol. The molecule has 1 saturated heterocycles.